The topological polar surface area (TPSA) is 24.1 Å². The Morgan fingerprint density at radius 1 is 0.455 bits per heavy atom. The lowest BCUT2D eigenvalue weighted by atomic mass is 10.3. The van der Waals surface area contributed by atoms with Gasteiger partial charge in [-0.3, -0.25) is 0 Å². The SMILES string of the molecule is c1ccc(NSc2ccccc2SNc2ccccc2)cc1. The molecule has 2 N–H and O–H groups in total. The van der Waals surface area contributed by atoms with Crippen LogP contribution in [0.1, 0.15) is 0 Å². The van der Waals surface area contributed by atoms with E-state index < -0.39 is 0 Å². The number of hydrogen-bond donors (Lipinski definition) is 2. The summed E-state index contributed by atoms with van der Waals surface area (Å²) in [6, 6.07) is 28.7. The molecule has 0 aromatic heterocycles. The normalized spacial score (nSPS) is 10.2. The zero-order valence-corrected chi connectivity index (χ0v) is 13.5. The highest BCUT2D eigenvalue weighted by Gasteiger charge is 2.04. The van der Waals surface area contributed by atoms with Gasteiger partial charge in [-0.1, -0.05) is 48.5 Å². The maximum Gasteiger partial charge on any atom is 0.0443 e. The summed E-state index contributed by atoms with van der Waals surface area (Å²) < 4.78 is 6.75. The number of nitrogens with one attached hydrogen (secondary N) is 2. The highest BCUT2D eigenvalue weighted by molar-refractivity contribution is 8.03. The van der Waals surface area contributed by atoms with Gasteiger partial charge < -0.3 is 9.44 Å². The first kappa shape index (κ1) is 14.9. The predicted molar refractivity (Wildman–Crippen MR) is 98.3 cm³/mol. The van der Waals surface area contributed by atoms with Crippen LogP contribution in [0.4, 0.5) is 11.4 Å². The highest BCUT2D eigenvalue weighted by Crippen LogP contribution is 2.31. The zero-order valence-electron chi connectivity index (χ0n) is 11.9. The minimum Gasteiger partial charge on any atom is -0.326 e. The molecule has 0 spiro atoms. The van der Waals surface area contributed by atoms with Gasteiger partial charge in [-0.05, 0) is 60.3 Å². The maximum atomic E-state index is 3.38. The van der Waals surface area contributed by atoms with E-state index in [2.05, 4.69) is 58.0 Å². The van der Waals surface area contributed by atoms with Crippen molar-refractivity contribution in [2.75, 3.05) is 9.44 Å². The van der Waals surface area contributed by atoms with E-state index in [4.69, 9.17) is 0 Å². The second kappa shape index (κ2) is 7.82. The molecule has 0 aliphatic heterocycles. The Balaban J connectivity index is 1.65. The van der Waals surface area contributed by atoms with E-state index in [1.54, 1.807) is 23.9 Å². The number of hydrogen-bond acceptors (Lipinski definition) is 4. The molecule has 0 saturated heterocycles. The third kappa shape index (κ3) is 4.23. The summed E-state index contributed by atoms with van der Waals surface area (Å²) in [5.41, 5.74) is 2.20. The molecule has 0 aliphatic rings. The van der Waals surface area contributed by atoms with Crippen LogP contribution in [-0.2, 0) is 0 Å². The van der Waals surface area contributed by atoms with Crippen molar-refractivity contribution in [3.05, 3.63) is 84.9 Å². The van der Waals surface area contributed by atoms with Gasteiger partial charge in [-0.2, -0.15) is 0 Å². The van der Waals surface area contributed by atoms with Gasteiger partial charge >= 0.3 is 0 Å². The molecule has 4 heteroatoms. The van der Waals surface area contributed by atoms with Gasteiger partial charge in [-0.15, -0.1) is 0 Å². The molecule has 0 saturated carbocycles. The van der Waals surface area contributed by atoms with Crippen molar-refractivity contribution in [1.82, 2.24) is 0 Å². The molecule has 0 atom stereocenters. The molecule has 3 aromatic rings. The third-order valence-electron chi connectivity index (χ3n) is 2.95. The minimum atomic E-state index is 1.10. The molecule has 3 rings (SSSR count). The molecule has 0 radical (unpaired) electrons. The third-order valence-corrected chi connectivity index (χ3v) is 4.91. The van der Waals surface area contributed by atoms with Crippen LogP contribution in [0.3, 0.4) is 0 Å². The average molecular weight is 324 g/mol. The second-order valence-corrected chi connectivity index (χ2v) is 6.28. The maximum absolute atomic E-state index is 3.38. The predicted octanol–water partition coefficient (Wildman–Crippen LogP) is 5.93. The molecule has 0 heterocycles. The van der Waals surface area contributed by atoms with Crippen molar-refractivity contribution >= 4 is 35.3 Å². The van der Waals surface area contributed by atoms with Crippen LogP contribution < -0.4 is 9.44 Å². The Bertz CT molecular complexity index is 640. The molecule has 0 aliphatic carbocycles. The second-order valence-electron chi connectivity index (χ2n) is 4.59. The van der Waals surface area contributed by atoms with Crippen molar-refractivity contribution in [3.63, 3.8) is 0 Å². The number of rotatable bonds is 6. The Morgan fingerprint density at radius 3 is 1.23 bits per heavy atom. The molecule has 2 nitrogen and oxygen atoms in total. The minimum absolute atomic E-state index is 1.10. The van der Waals surface area contributed by atoms with Crippen molar-refractivity contribution in [1.29, 1.82) is 0 Å². The van der Waals surface area contributed by atoms with Crippen molar-refractivity contribution in [2.45, 2.75) is 9.79 Å². The summed E-state index contributed by atoms with van der Waals surface area (Å²) in [5, 5.41) is 0. The van der Waals surface area contributed by atoms with E-state index in [-0.39, 0.29) is 0 Å². The van der Waals surface area contributed by atoms with Crippen molar-refractivity contribution < 1.29 is 0 Å². The first-order valence-corrected chi connectivity index (χ1v) is 8.60. The number of benzene rings is 3. The summed E-state index contributed by atoms with van der Waals surface area (Å²) in [6.07, 6.45) is 0. The summed E-state index contributed by atoms with van der Waals surface area (Å²) in [4.78, 5) is 2.39. The van der Waals surface area contributed by atoms with Crippen LogP contribution in [0.15, 0.2) is 94.7 Å². The van der Waals surface area contributed by atoms with Crippen LogP contribution >= 0.6 is 23.9 Å². The highest BCUT2D eigenvalue weighted by atomic mass is 32.2. The molecule has 0 unspecified atom stereocenters. The van der Waals surface area contributed by atoms with Crippen LogP contribution in [0, 0.1) is 0 Å². The standard InChI is InChI=1S/C18H16N2S2/c1-3-9-15(10-4-1)19-21-17-13-7-8-14-18(17)22-20-16-11-5-2-6-12-16/h1-14,19-20H. The fourth-order valence-electron chi connectivity index (χ4n) is 1.86. The lowest BCUT2D eigenvalue weighted by Crippen LogP contribution is -1.90. The zero-order chi connectivity index (χ0) is 15.0. The van der Waals surface area contributed by atoms with Gasteiger partial charge in [0.05, 0.1) is 0 Å². The van der Waals surface area contributed by atoms with Crippen LogP contribution in [0.5, 0.6) is 0 Å². The van der Waals surface area contributed by atoms with Crippen LogP contribution in [-0.4, -0.2) is 0 Å². The number of anilines is 2. The Morgan fingerprint density at radius 2 is 0.818 bits per heavy atom. The van der Waals surface area contributed by atoms with E-state index in [1.807, 2.05) is 36.4 Å². The van der Waals surface area contributed by atoms with E-state index in [9.17, 15) is 0 Å². The lowest BCUT2D eigenvalue weighted by molar-refractivity contribution is 1.25. The van der Waals surface area contributed by atoms with Gasteiger partial charge in [0.25, 0.3) is 0 Å². The Hall–Kier alpha value is -2.04. The van der Waals surface area contributed by atoms with E-state index in [1.165, 1.54) is 9.79 Å². The van der Waals surface area contributed by atoms with Crippen molar-refractivity contribution in [2.24, 2.45) is 0 Å². The summed E-state index contributed by atoms with van der Waals surface area (Å²) in [6.45, 7) is 0. The quantitative estimate of drug-likeness (QED) is 0.549. The fourth-order valence-corrected chi connectivity index (χ4v) is 3.47. The van der Waals surface area contributed by atoms with E-state index in [0.717, 1.165) is 11.4 Å². The van der Waals surface area contributed by atoms with Crippen LogP contribution in [0.25, 0.3) is 0 Å². The molecule has 110 valence electrons. The van der Waals surface area contributed by atoms with Gasteiger partial charge in [0.1, 0.15) is 0 Å². The largest absolute Gasteiger partial charge is 0.326 e. The first-order chi connectivity index (χ1) is 10.9. The van der Waals surface area contributed by atoms with Gasteiger partial charge in [0.2, 0.25) is 0 Å². The van der Waals surface area contributed by atoms with Gasteiger partial charge in [-0.25, -0.2) is 0 Å². The monoisotopic (exact) mass is 324 g/mol. The van der Waals surface area contributed by atoms with Gasteiger partial charge in [0.15, 0.2) is 0 Å². The molecule has 0 fully saturated rings. The molecule has 0 bridgehead atoms. The molecule has 0 amide bonds. The van der Waals surface area contributed by atoms with E-state index >= 15 is 0 Å². The van der Waals surface area contributed by atoms with Gasteiger partial charge in [0, 0.05) is 21.2 Å². The number of para-hydroxylation sites is 2. The molecular formula is C18H16N2S2. The molecule has 22 heavy (non-hydrogen) atoms. The Labute approximate surface area is 139 Å². The summed E-state index contributed by atoms with van der Waals surface area (Å²) in [5.74, 6) is 0. The Kier molecular flexibility index (Phi) is 5.29. The summed E-state index contributed by atoms with van der Waals surface area (Å²) >= 11 is 3.25. The van der Waals surface area contributed by atoms with Crippen molar-refractivity contribution in [3.8, 4) is 0 Å². The average Bonchev–Trinajstić information content (AvgIpc) is 2.61. The molecular weight excluding hydrogens is 308 g/mol. The smallest absolute Gasteiger partial charge is 0.0443 e. The van der Waals surface area contributed by atoms with Crippen LogP contribution in [0.2, 0.25) is 0 Å². The fraction of sp³-hybridized carbons (Fsp3) is 0. The molecule has 3 aromatic carbocycles. The summed E-state index contributed by atoms with van der Waals surface area (Å²) in [7, 11) is 0. The lowest BCUT2D eigenvalue weighted by Gasteiger charge is -2.11. The van der Waals surface area contributed by atoms with E-state index in [0.29, 0.717) is 0 Å². The first-order valence-electron chi connectivity index (χ1n) is 6.97.